The van der Waals surface area contributed by atoms with Gasteiger partial charge >= 0.3 is 0 Å². The molecule has 0 aliphatic heterocycles. The number of nitrogens with one attached hydrogen (secondary N) is 1. The largest absolute Gasteiger partial charge is 0.366 e. The molecule has 0 radical (unpaired) electrons. The fourth-order valence-corrected chi connectivity index (χ4v) is 3.16. The molecule has 108 valence electrons. The summed E-state index contributed by atoms with van der Waals surface area (Å²) in [6.45, 7) is 3.12. The Morgan fingerprint density at radius 1 is 1.55 bits per heavy atom. The minimum atomic E-state index is 0.141. The Morgan fingerprint density at radius 3 is 3.00 bits per heavy atom. The highest BCUT2D eigenvalue weighted by Gasteiger charge is 2.36. The van der Waals surface area contributed by atoms with E-state index in [1.165, 1.54) is 25.7 Å². The van der Waals surface area contributed by atoms with Crippen molar-refractivity contribution in [3.63, 3.8) is 0 Å². The van der Waals surface area contributed by atoms with Crippen LogP contribution in [0.5, 0.6) is 0 Å². The standard InChI is InChI=1S/C15H23N5/c1-12-5-4-7-15(9-12,20(2)3)11-17-14-13(10-16)6-8-18-19-14/h6,8,12H,4-5,7,9,11H2,1-3H3,(H,17,19). The van der Waals surface area contributed by atoms with Gasteiger partial charge in [0.05, 0.1) is 11.8 Å². The van der Waals surface area contributed by atoms with Crippen molar-refractivity contribution in [2.45, 2.75) is 38.1 Å². The number of nitrogens with zero attached hydrogens (tertiary/aromatic N) is 4. The third kappa shape index (κ3) is 3.07. The van der Waals surface area contributed by atoms with Gasteiger partial charge in [-0.05, 0) is 38.9 Å². The van der Waals surface area contributed by atoms with Crippen molar-refractivity contribution in [3.05, 3.63) is 17.8 Å². The lowest BCUT2D eigenvalue weighted by atomic mass is 9.75. The van der Waals surface area contributed by atoms with E-state index in [0.29, 0.717) is 11.4 Å². The van der Waals surface area contributed by atoms with Crippen molar-refractivity contribution in [2.24, 2.45) is 5.92 Å². The lowest BCUT2D eigenvalue weighted by Crippen LogP contribution is -2.52. The van der Waals surface area contributed by atoms with Gasteiger partial charge in [-0.15, -0.1) is 5.10 Å². The van der Waals surface area contributed by atoms with E-state index in [0.717, 1.165) is 12.5 Å². The van der Waals surface area contributed by atoms with Crippen LogP contribution in [0.1, 0.15) is 38.2 Å². The average Bonchev–Trinajstić information content (AvgIpc) is 2.45. The SMILES string of the molecule is CC1CCCC(CNc2nnccc2C#N)(N(C)C)C1. The first kappa shape index (κ1) is 14.7. The Morgan fingerprint density at radius 2 is 2.35 bits per heavy atom. The molecule has 1 aromatic rings. The van der Waals surface area contributed by atoms with Crippen molar-refractivity contribution in [1.82, 2.24) is 15.1 Å². The van der Waals surface area contributed by atoms with Crippen LogP contribution in [0, 0.1) is 17.2 Å². The Hall–Kier alpha value is -1.67. The molecule has 1 N–H and O–H groups in total. The number of hydrogen-bond acceptors (Lipinski definition) is 5. The number of rotatable bonds is 4. The molecule has 20 heavy (non-hydrogen) atoms. The van der Waals surface area contributed by atoms with Gasteiger partial charge < -0.3 is 10.2 Å². The minimum absolute atomic E-state index is 0.141. The van der Waals surface area contributed by atoms with Gasteiger partial charge in [-0.3, -0.25) is 0 Å². The van der Waals surface area contributed by atoms with Crippen molar-refractivity contribution < 1.29 is 0 Å². The molecule has 0 saturated heterocycles. The van der Waals surface area contributed by atoms with E-state index in [4.69, 9.17) is 5.26 Å². The van der Waals surface area contributed by atoms with Gasteiger partial charge in [-0.1, -0.05) is 19.8 Å². The zero-order valence-corrected chi connectivity index (χ0v) is 12.6. The topological polar surface area (TPSA) is 64.8 Å². The number of anilines is 1. The zero-order chi connectivity index (χ0) is 14.6. The summed E-state index contributed by atoms with van der Waals surface area (Å²) in [6, 6.07) is 3.85. The maximum atomic E-state index is 9.10. The van der Waals surface area contributed by atoms with E-state index in [9.17, 15) is 0 Å². The van der Waals surface area contributed by atoms with Crippen LogP contribution in [-0.4, -0.2) is 41.3 Å². The summed E-state index contributed by atoms with van der Waals surface area (Å²) in [7, 11) is 4.28. The Labute approximate surface area is 121 Å². The van der Waals surface area contributed by atoms with Gasteiger partial charge in [0.25, 0.3) is 0 Å². The molecule has 1 aliphatic carbocycles. The molecule has 5 heteroatoms. The fraction of sp³-hybridized carbons (Fsp3) is 0.667. The highest BCUT2D eigenvalue weighted by atomic mass is 15.2. The average molecular weight is 273 g/mol. The van der Waals surface area contributed by atoms with Gasteiger partial charge in [0.15, 0.2) is 5.82 Å². The molecule has 2 unspecified atom stereocenters. The molecular formula is C15H23N5. The summed E-state index contributed by atoms with van der Waals surface area (Å²) in [5, 5.41) is 20.3. The molecule has 1 aromatic heterocycles. The number of aromatic nitrogens is 2. The van der Waals surface area contributed by atoms with Crippen LogP contribution >= 0.6 is 0 Å². The van der Waals surface area contributed by atoms with E-state index in [1.807, 2.05) is 0 Å². The van der Waals surface area contributed by atoms with Crippen LogP contribution < -0.4 is 5.32 Å². The van der Waals surface area contributed by atoms with Crippen LogP contribution in [0.3, 0.4) is 0 Å². The second-order valence-electron chi connectivity index (χ2n) is 6.08. The quantitative estimate of drug-likeness (QED) is 0.911. The van der Waals surface area contributed by atoms with E-state index in [2.05, 4.69) is 47.5 Å². The Balaban J connectivity index is 2.12. The van der Waals surface area contributed by atoms with Crippen LogP contribution in [0.2, 0.25) is 0 Å². The smallest absolute Gasteiger partial charge is 0.166 e. The lowest BCUT2D eigenvalue weighted by Gasteiger charge is -2.45. The molecule has 0 amide bonds. The Bertz CT molecular complexity index is 493. The summed E-state index contributed by atoms with van der Waals surface area (Å²) in [4.78, 5) is 2.32. The van der Waals surface area contributed by atoms with Gasteiger partial charge in [-0.25, -0.2) is 0 Å². The zero-order valence-electron chi connectivity index (χ0n) is 12.6. The molecule has 1 aliphatic rings. The molecule has 1 fully saturated rings. The number of nitriles is 1. The summed E-state index contributed by atoms with van der Waals surface area (Å²) >= 11 is 0. The van der Waals surface area contributed by atoms with Crippen LogP contribution in [0.15, 0.2) is 12.3 Å². The van der Waals surface area contributed by atoms with Crippen LogP contribution in [0.25, 0.3) is 0 Å². The molecule has 5 nitrogen and oxygen atoms in total. The highest BCUT2D eigenvalue weighted by Crippen LogP contribution is 2.35. The molecule has 0 aromatic carbocycles. The molecular weight excluding hydrogens is 250 g/mol. The van der Waals surface area contributed by atoms with E-state index >= 15 is 0 Å². The summed E-state index contributed by atoms with van der Waals surface area (Å²) in [6.07, 6.45) is 6.47. The van der Waals surface area contributed by atoms with E-state index in [-0.39, 0.29) is 5.54 Å². The molecule has 1 heterocycles. The summed E-state index contributed by atoms with van der Waals surface area (Å²) < 4.78 is 0. The van der Waals surface area contributed by atoms with Gasteiger partial charge in [-0.2, -0.15) is 10.4 Å². The van der Waals surface area contributed by atoms with Gasteiger partial charge in [0.2, 0.25) is 0 Å². The lowest BCUT2D eigenvalue weighted by molar-refractivity contribution is 0.0881. The van der Waals surface area contributed by atoms with E-state index in [1.54, 1.807) is 12.3 Å². The third-order valence-corrected chi connectivity index (χ3v) is 4.44. The molecule has 2 atom stereocenters. The summed E-state index contributed by atoms with van der Waals surface area (Å²) in [5.41, 5.74) is 0.694. The van der Waals surface area contributed by atoms with Crippen molar-refractivity contribution >= 4 is 5.82 Å². The van der Waals surface area contributed by atoms with Crippen LogP contribution in [-0.2, 0) is 0 Å². The first-order valence-corrected chi connectivity index (χ1v) is 7.20. The predicted octanol–water partition coefficient (Wildman–Crippen LogP) is 2.27. The molecule has 0 spiro atoms. The van der Waals surface area contributed by atoms with Gasteiger partial charge in [0, 0.05) is 12.1 Å². The van der Waals surface area contributed by atoms with Crippen LogP contribution in [0.4, 0.5) is 5.82 Å². The third-order valence-electron chi connectivity index (χ3n) is 4.44. The predicted molar refractivity (Wildman–Crippen MR) is 79.3 cm³/mol. The highest BCUT2D eigenvalue weighted by molar-refractivity contribution is 5.50. The molecule has 0 bridgehead atoms. The monoisotopic (exact) mass is 273 g/mol. The first-order valence-electron chi connectivity index (χ1n) is 7.20. The molecule has 2 rings (SSSR count). The van der Waals surface area contributed by atoms with Gasteiger partial charge in [0.1, 0.15) is 6.07 Å². The normalized spacial score (nSPS) is 26.2. The second kappa shape index (κ2) is 6.19. The van der Waals surface area contributed by atoms with Crippen molar-refractivity contribution in [3.8, 4) is 6.07 Å². The van der Waals surface area contributed by atoms with Crippen molar-refractivity contribution in [2.75, 3.05) is 26.0 Å². The van der Waals surface area contributed by atoms with E-state index < -0.39 is 0 Å². The first-order chi connectivity index (χ1) is 9.57. The van der Waals surface area contributed by atoms with Crippen molar-refractivity contribution in [1.29, 1.82) is 5.26 Å². The number of likely N-dealkylation sites (N-methyl/N-ethyl adjacent to an activating group) is 1. The second-order valence-corrected chi connectivity index (χ2v) is 6.08. The fourth-order valence-electron chi connectivity index (χ4n) is 3.16. The Kier molecular flexibility index (Phi) is 4.56. The summed E-state index contributed by atoms with van der Waals surface area (Å²) in [5.74, 6) is 1.33. The maximum absolute atomic E-state index is 9.10. The minimum Gasteiger partial charge on any atom is -0.366 e. The molecule has 1 saturated carbocycles. The number of hydrogen-bond donors (Lipinski definition) is 1. The maximum Gasteiger partial charge on any atom is 0.166 e.